The van der Waals surface area contributed by atoms with E-state index in [9.17, 15) is 4.79 Å². The van der Waals surface area contributed by atoms with Crippen molar-refractivity contribution in [1.29, 1.82) is 0 Å². The minimum absolute atomic E-state index is 0.209. The summed E-state index contributed by atoms with van der Waals surface area (Å²) in [5, 5.41) is 4.76. The minimum atomic E-state index is -0.394. The van der Waals surface area contributed by atoms with Gasteiger partial charge in [-0.05, 0) is 30.2 Å². The molecule has 0 spiro atoms. The van der Waals surface area contributed by atoms with Gasteiger partial charge in [-0.3, -0.25) is 4.79 Å². The van der Waals surface area contributed by atoms with Crippen molar-refractivity contribution in [3.8, 4) is 5.75 Å². The number of hydrogen-bond donors (Lipinski definition) is 1. The molecule has 0 atom stereocenters. The van der Waals surface area contributed by atoms with Crippen LogP contribution in [0.15, 0.2) is 59.2 Å². The van der Waals surface area contributed by atoms with Crippen LogP contribution in [0.5, 0.6) is 5.75 Å². The van der Waals surface area contributed by atoms with Crippen LogP contribution in [0.4, 0.5) is 0 Å². The lowest BCUT2D eigenvalue weighted by Gasteiger charge is -2.07. The Morgan fingerprint density at radius 3 is 2.71 bits per heavy atom. The molecule has 0 heterocycles. The van der Waals surface area contributed by atoms with Gasteiger partial charge in [-0.1, -0.05) is 59.6 Å². The van der Waals surface area contributed by atoms with E-state index in [-0.39, 0.29) is 6.61 Å². The van der Waals surface area contributed by atoms with E-state index < -0.39 is 5.91 Å². The van der Waals surface area contributed by atoms with Crippen LogP contribution in [0, 0.1) is 0 Å². The second kappa shape index (κ2) is 9.11. The molecule has 124 valence electrons. The van der Waals surface area contributed by atoms with E-state index in [0.717, 1.165) is 11.1 Å². The number of rotatable bonds is 6. The number of hydrogen-bond acceptors (Lipinski definition) is 3. The summed E-state index contributed by atoms with van der Waals surface area (Å²) in [6, 6.07) is 14.6. The van der Waals surface area contributed by atoms with Crippen LogP contribution in [0.3, 0.4) is 0 Å². The third kappa shape index (κ3) is 6.07. The first-order valence-corrected chi connectivity index (χ1v) is 7.93. The van der Waals surface area contributed by atoms with Crippen molar-refractivity contribution in [2.45, 2.75) is 6.92 Å². The van der Waals surface area contributed by atoms with Crippen molar-refractivity contribution in [3.63, 3.8) is 0 Å². The predicted molar refractivity (Wildman–Crippen MR) is 98.7 cm³/mol. The molecule has 0 aromatic heterocycles. The highest BCUT2D eigenvalue weighted by Gasteiger charge is 2.05. The van der Waals surface area contributed by atoms with Crippen molar-refractivity contribution in [1.82, 2.24) is 5.43 Å². The van der Waals surface area contributed by atoms with Crippen LogP contribution in [0.25, 0.3) is 6.08 Å². The number of amides is 1. The first kappa shape index (κ1) is 18.0. The lowest BCUT2D eigenvalue weighted by Crippen LogP contribution is -2.24. The van der Waals surface area contributed by atoms with E-state index in [4.69, 9.17) is 27.9 Å². The van der Waals surface area contributed by atoms with Gasteiger partial charge in [-0.2, -0.15) is 5.10 Å². The molecule has 0 saturated heterocycles. The van der Waals surface area contributed by atoms with Crippen LogP contribution in [0.2, 0.25) is 10.0 Å². The Kier molecular flexibility index (Phi) is 6.85. The molecule has 1 N–H and O–H groups in total. The third-order valence-corrected chi connectivity index (χ3v) is 3.45. The molecule has 0 unspecified atom stereocenters. The van der Waals surface area contributed by atoms with Gasteiger partial charge >= 0.3 is 0 Å². The largest absolute Gasteiger partial charge is 0.482 e. The number of hydrazone groups is 1. The molecule has 0 fully saturated rings. The molecule has 6 heteroatoms. The highest BCUT2D eigenvalue weighted by atomic mass is 35.5. The standard InChI is InChI=1S/C18H16Cl2N2O2/c1-13(9-14-5-3-2-4-6-14)11-21-22-18(23)12-24-17-10-15(19)7-8-16(17)20/h2-11H,12H2,1H3,(H,22,23). The van der Waals surface area contributed by atoms with Crippen LogP contribution in [-0.2, 0) is 4.79 Å². The van der Waals surface area contributed by atoms with Crippen molar-refractivity contribution < 1.29 is 9.53 Å². The second-order valence-corrected chi connectivity index (χ2v) is 5.80. The molecule has 2 aromatic carbocycles. The Labute approximate surface area is 150 Å². The number of benzene rings is 2. The highest BCUT2D eigenvalue weighted by molar-refractivity contribution is 6.34. The van der Waals surface area contributed by atoms with Crippen LogP contribution < -0.4 is 10.2 Å². The molecule has 24 heavy (non-hydrogen) atoms. The number of halogens is 2. The lowest BCUT2D eigenvalue weighted by atomic mass is 10.1. The Morgan fingerprint density at radius 1 is 1.21 bits per heavy atom. The number of allylic oxidation sites excluding steroid dienone is 1. The zero-order valence-electron chi connectivity index (χ0n) is 13.0. The quantitative estimate of drug-likeness (QED) is 0.603. The van der Waals surface area contributed by atoms with Gasteiger partial charge in [0.05, 0.1) is 11.2 Å². The number of carbonyl (C=O) groups is 1. The van der Waals surface area contributed by atoms with E-state index in [1.165, 1.54) is 0 Å². The molecule has 4 nitrogen and oxygen atoms in total. The predicted octanol–water partition coefficient (Wildman–Crippen LogP) is 4.58. The molecule has 0 aliphatic rings. The smallest absolute Gasteiger partial charge is 0.277 e. The molecule has 2 rings (SSSR count). The van der Waals surface area contributed by atoms with E-state index in [2.05, 4.69) is 10.5 Å². The fourth-order valence-corrected chi connectivity index (χ4v) is 2.15. The Balaban J connectivity index is 1.82. The molecular weight excluding hydrogens is 347 g/mol. The van der Waals surface area contributed by atoms with Gasteiger partial charge in [0.25, 0.3) is 5.91 Å². The van der Waals surface area contributed by atoms with Crippen LogP contribution in [0.1, 0.15) is 12.5 Å². The molecule has 0 saturated carbocycles. The number of nitrogens with zero attached hydrogens (tertiary/aromatic N) is 1. The average Bonchev–Trinajstić information content (AvgIpc) is 2.56. The molecule has 2 aromatic rings. The van der Waals surface area contributed by atoms with Crippen molar-refractivity contribution in [2.75, 3.05) is 6.61 Å². The summed E-state index contributed by atoms with van der Waals surface area (Å²) in [5.74, 6) is -0.0433. The maximum Gasteiger partial charge on any atom is 0.277 e. The summed E-state index contributed by atoms with van der Waals surface area (Å²) in [5.41, 5.74) is 4.36. The Morgan fingerprint density at radius 2 is 1.96 bits per heavy atom. The number of carbonyl (C=O) groups excluding carboxylic acids is 1. The summed E-state index contributed by atoms with van der Waals surface area (Å²) in [6.45, 7) is 1.68. The normalized spacial score (nSPS) is 11.5. The molecule has 1 amide bonds. The molecule has 0 aliphatic heterocycles. The monoisotopic (exact) mass is 362 g/mol. The van der Waals surface area contributed by atoms with Crippen LogP contribution in [-0.4, -0.2) is 18.7 Å². The first-order valence-electron chi connectivity index (χ1n) is 7.17. The van der Waals surface area contributed by atoms with Gasteiger partial charge < -0.3 is 4.74 Å². The number of ether oxygens (including phenoxy) is 1. The van der Waals surface area contributed by atoms with Gasteiger partial charge in [-0.25, -0.2) is 5.43 Å². The van der Waals surface area contributed by atoms with Crippen molar-refractivity contribution in [3.05, 3.63) is 69.7 Å². The number of nitrogens with one attached hydrogen (secondary N) is 1. The summed E-state index contributed by atoms with van der Waals surface area (Å²) < 4.78 is 5.32. The molecule has 0 bridgehead atoms. The van der Waals surface area contributed by atoms with E-state index >= 15 is 0 Å². The van der Waals surface area contributed by atoms with Gasteiger partial charge in [0.15, 0.2) is 6.61 Å². The average molecular weight is 363 g/mol. The fraction of sp³-hybridized carbons (Fsp3) is 0.111. The van der Waals surface area contributed by atoms with Gasteiger partial charge in [0.2, 0.25) is 0 Å². The maximum atomic E-state index is 11.7. The molecule has 0 aliphatic carbocycles. The summed E-state index contributed by atoms with van der Waals surface area (Å²) in [7, 11) is 0. The minimum Gasteiger partial charge on any atom is -0.482 e. The Hall–Kier alpha value is -2.30. The zero-order chi connectivity index (χ0) is 17.4. The Bertz CT molecular complexity index is 759. The van der Waals surface area contributed by atoms with Gasteiger partial charge in [0, 0.05) is 11.1 Å². The molecule has 0 radical (unpaired) electrons. The summed E-state index contributed by atoms with van der Waals surface area (Å²) in [6.07, 6.45) is 3.52. The fourth-order valence-electron chi connectivity index (χ4n) is 1.82. The van der Waals surface area contributed by atoms with Crippen molar-refractivity contribution >= 4 is 41.4 Å². The molecular formula is C18H16Cl2N2O2. The first-order chi connectivity index (χ1) is 11.5. The van der Waals surface area contributed by atoms with Crippen molar-refractivity contribution in [2.24, 2.45) is 5.10 Å². The van der Waals surface area contributed by atoms with Gasteiger partial charge in [-0.15, -0.1) is 0 Å². The van der Waals surface area contributed by atoms with Crippen LogP contribution >= 0.6 is 23.2 Å². The zero-order valence-corrected chi connectivity index (χ0v) is 14.5. The highest BCUT2D eigenvalue weighted by Crippen LogP contribution is 2.27. The van der Waals surface area contributed by atoms with E-state index in [1.54, 1.807) is 24.4 Å². The lowest BCUT2D eigenvalue weighted by molar-refractivity contribution is -0.123. The third-order valence-electron chi connectivity index (χ3n) is 2.90. The topological polar surface area (TPSA) is 50.7 Å². The summed E-state index contributed by atoms with van der Waals surface area (Å²) >= 11 is 11.8. The second-order valence-electron chi connectivity index (χ2n) is 4.96. The van der Waals surface area contributed by atoms with E-state index in [1.807, 2.05) is 43.3 Å². The summed E-state index contributed by atoms with van der Waals surface area (Å²) in [4.78, 5) is 11.7. The van der Waals surface area contributed by atoms with Gasteiger partial charge in [0.1, 0.15) is 5.75 Å². The van der Waals surface area contributed by atoms with E-state index in [0.29, 0.717) is 15.8 Å². The maximum absolute atomic E-state index is 11.7. The SMILES string of the molecule is CC(C=NNC(=O)COc1cc(Cl)ccc1Cl)=Cc1ccccc1.